The number of aryl methyl sites for hydroxylation is 1. The zero-order valence-electron chi connectivity index (χ0n) is 12.1. The monoisotopic (exact) mass is 275 g/mol. The molecular weight excluding hydrogens is 254 g/mol. The van der Waals surface area contributed by atoms with Crippen LogP contribution >= 0.6 is 0 Å². The van der Waals surface area contributed by atoms with Gasteiger partial charge in [0.2, 0.25) is 0 Å². The van der Waals surface area contributed by atoms with E-state index in [-0.39, 0.29) is 11.9 Å². The van der Waals surface area contributed by atoms with Gasteiger partial charge < -0.3 is 9.64 Å². The third kappa shape index (κ3) is 3.59. The van der Waals surface area contributed by atoms with E-state index in [1.807, 2.05) is 36.1 Å². The molecule has 1 amide bonds. The summed E-state index contributed by atoms with van der Waals surface area (Å²) in [4.78, 5) is 25.4. The Kier molecular flexibility index (Phi) is 4.77. The van der Waals surface area contributed by atoms with Crippen molar-refractivity contribution in [3.05, 3.63) is 35.4 Å². The normalized spacial score (nSPS) is 16.0. The molecule has 0 radical (unpaired) electrons. The summed E-state index contributed by atoms with van der Waals surface area (Å²) in [6, 6.07) is 7.66. The van der Waals surface area contributed by atoms with Crippen molar-refractivity contribution in [3.63, 3.8) is 0 Å². The van der Waals surface area contributed by atoms with E-state index < -0.39 is 0 Å². The standard InChI is InChI=1S/C16H21NO3/c1-12-3-5-14(6-4-12)16(19)17-9-7-13(8-10-17)11-15(18)20-2/h3-6,13H,7-11H2,1-2H3. The first-order valence-electron chi connectivity index (χ1n) is 7.03. The van der Waals surface area contributed by atoms with E-state index in [2.05, 4.69) is 4.74 Å². The Labute approximate surface area is 119 Å². The van der Waals surface area contributed by atoms with Crippen LogP contribution in [0, 0.1) is 12.8 Å². The molecule has 20 heavy (non-hydrogen) atoms. The number of hydrogen-bond donors (Lipinski definition) is 0. The van der Waals surface area contributed by atoms with Crippen LogP contribution in [0.5, 0.6) is 0 Å². The van der Waals surface area contributed by atoms with Gasteiger partial charge in [-0.05, 0) is 37.8 Å². The number of likely N-dealkylation sites (tertiary alicyclic amines) is 1. The van der Waals surface area contributed by atoms with Crippen LogP contribution in [0.4, 0.5) is 0 Å². The Bertz CT molecular complexity index is 473. The number of esters is 1. The summed E-state index contributed by atoms with van der Waals surface area (Å²) in [6.45, 7) is 3.44. The van der Waals surface area contributed by atoms with Crippen LogP contribution in [0.15, 0.2) is 24.3 Å². The zero-order chi connectivity index (χ0) is 14.5. The van der Waals surface area contributed by atoms with Gasteiger partial charge in [0, 0.05) is 25.1 Å². The van der Waals surface area contributed by atoms with Crippen molar-refractivity contribution in [1.82, 2.24) is 4.90 Å². The van der Waals surface area contributed by atoms with Crippen LogP contribution in [0.2, 0.25) is 0 Å². The Morgan fingerprint density at radius 3 is 2.35 bits per heavy atom. The highest BCUT2D eigenvalue weighted by molar-refractivity contribution is 5.94. The van der Waals surface area contributed by atoms with E-state index in [1.165, 1.54) is 7.11 Å². The van der Waals surface area contributed by atoms with Gasteiger partial charge in [0.05, 0.1) is 7.11 Å². The number of rotatable bonds is 3. The highest BCUT2D eigenvalue weighted by Crippen LogP contribution is 2.22. The van der Waals surface area contributed by atoms with Crippen molar-refractivity contribution in [2.24, 2.45) is 5.92 Å². The SMILES string of the molecule is COC(=O)CC1CCN(C(=O)c2ccc(C)cc2)CC1. The Balaban J connectivity index is 1.88. The molecule has 0 spiro atoms. The molecule has 108 valence electrons. The predicted molar refractivity (Wildman–Crippen MR) is 76.4 cm³/mol. The summed E-state index contributed by atoms with van der Waals surface area (Å²) in [5, 5.41) is 0. The number of benzene rings is 1. The van der Waals surface area contributed by atoms with Gasteiger partial charge in [-0.1, -0.05) is 17.7 Å². The molecular formula is C16H21NO3. The molecule has 0 saturated carbocycles. The molecule has 1 fully saturated rings. The lowest BCUT2D eigenvalue weighted by atomic mass is 9.93. The van der Waals surface area contributed by atoms with Crippen LogP contribution < -0.4 is 0 Å². The van der Waals surface area contributed by atoms with Crippen molar-refractivity contribution in [2.75, 3.05) is 20.2 Å². The topological polar surface area (TPSA) is 46.6 Å². The van der Waals surface area contributed by atoms with Crippen molar-refractivity contribution < 1.29 is 14.3 Å². The van der Waals surface area contributed by atoms with Gasteiger partial charge in [-0.15, -0.1) is 0 Å². The number of piperidine rings is 1. The fourth-order valence-electron chi connectivity index (χ4n) is 2.54. The van der Waals surface area contributed by atoms with Crippen molar-refractivity contribution in [3.8, 4) is 0 Å². The molecule has 0 aromatic heterocycles. The molecule has 0 atom stereocenters. The molecule has 0 unspecified atom stereocenters. The maximum atomic E-state index is 12.3. The van der Waals surface area contributed by atoms with Crippen LogP contribution in [-0.2, 0) is 9.53 Å². The molecule has 4 nitrogen and oxygen atoms in total. The van der Waals surface area contributed by atoms with Crippen LogP contribution in [0.1, 0.15) is 35.2 Å². The first-order chi connectivity index (χ1) is 9.60. The molecule has 0 bridgehead atoms. The summed E-state index contributed by atoms with van der Waals surface area (Å²) in [7, 11) is 1.42. The third-order valence-electron chi connectivity index (χ3n) is 3.88. The number of methoxy groups -OCH3 is 1. The fourth-order valence-corrected chi connectivity index (χ4v) is 2.54. The maximum Gasteiger partial charge on any atom is 0.305 e. The van der Waals surface area contributed by atoms with E-state index in [9.17, 15) is 9.59 Å². The van der Waals surface area contributed by atoms with Crippen LogP contribution in [0.25, 0.3) is 0 Å². The number of nitrogens with zero attached hydrogens (tertiary/aromatic N) is 1. The van der Waals surface area contributed by atoms with Crippen molar-refractivity contribution in [2.45, 2.75) is 26.2 Å². The number of hydrogen-bond acceptors (Lipinski definition) is 3. The average Bonchev–Trinajstić information content (AvgIpc) is 2.48. The molecule has 0 N–H and O–H groups in total. The minimum absolute atomic E-state index is 0.0847. The Morgan fingerprint density at radius 1 is 1.20 bits per heavy atom. The van der Waals surface area contributed by atoms with Crippen LogP contribution in [-0.4, -0.2) is 37.0 Å². The van der Waals surface area contributed by atoms with Gasteiger partial charge in [0.1, 0.15) is 0 Å². The number of amides is 1. The molecule has 0 aliphatic carbocycles. The van der Waals surface area contributed by atoms with Crippen LogP contribution in [0.3, 0.4) is 0 Å². The Hall–Kier alpha value is -1.84. The van der Waals surface area contributed by atoms with E-state index >= 15 is 0 Å². The van der Waals surface area contributed by atoms with E-state index in [1.54, 1.807) is 0 Å². The van der Waals surface area contributed by atoms with Gasteiger partial charge >= 0.3 is 5.97 Å². The average molecular weight is 275 g/mol. The second kappa shape index (κ2) is 6.55. The van der Waals surface area contributed by atoms with E-state index in [0.717, 1.165) is 24.0 Å². The minimum Gasteiger partial charge on any atom is -0.469 e. The lowest BCUT2D eigenvalue weighted by Gasteiger charge is -2.31. The number of carbonyl (C=O) groups excluding carboxylic acids is 2. The molecule has 2 rings (SSSR count). The second-order valence-corrected chi connectivity index (χ2v) is 5.38. The smallest absolute Gasteiger partial charge is 0.305 e. The second-order valence-electron chi connectivity index (χ2n) is 5.38. The predicted octanol–water partition coefficient (Wildman–Crippen LogP) is 2.41. The molecule has 1 heterocycles. The first-order valence-corrected chi connectivity index (χ1v) is 7.03. The zero-order valence-corrected chi connectivity index (χ0v) is 12.1. The lowest BCUT2D eigenvalue weighted by molar-refractivity contribution is -0.142. The first kappa shape index (κ1) is 14.6. The van der Waals surface area contributed by atoms with Crippen molar-refractivity contribution >= 4 is 11.9 Å². The van der Waals surface area contributed by atoms with Gasteiger partial charge in [0.15, 0.2) is 0 Å². The third-order valence-corrected chi connectivity index (χ3v) is 3.88. The molecule has 4 heteroatoms. The summed E-state index contributed by atoms with van der Waals surface area (Å²) in [5.74, 6) is 0.263. The maximum absolute atomic E-state index is 12.3. The molecule has 1 saturated heterocycles. The summed E-state index contributed by atoms with van der Waals surface area (Å²) >= 11 is 0. The van der Waals surface area contributed by atoms with E-state index in [4.69, 9.17) is 0 Å². The quantitative estimate of drug-likeness (QED) is 0.796. The highest BCUT2D eigenvalue weighted by atomic mass is 16.5. The fraction of sp³-hybridized carbons (Fsp3) is 0.500. The molecule has 1 aliphatic heterocycles. The minimum atomic E-state index is -0.159. The number of carbonyl (C=O) groups is 2. The van der Waals surface area contributed by atoms with Gasteiger partial charge in [-0.3, -0.25) is 9.59 Å². The Morgan fingerprint density at radius 2 is 1.80 bits per heavy atom. The van der Waals surface area contributed by atoms with Crippen molar-refractivity contribution in [1.29, 1.82) is 0 Å². The molecule has 1 aromatic rings. The number of ether oxygens (including phenoxy) is 1. The van der Waals surface area contributed by atoms with Gasteiger partial charge in [-0.2, -0.15) is 0 Å². The van der Waals surface area contributed by atoms with E-state index in [0.29, 0.717) is 25.4 Å². The summed E-state index contributed by atoms with van der Waals surface area (Å²) in [6.07, 6.45) is 2.20. The van der Waals surface area contributed by atoms with Gasteiger partial charge in [-0.25, -0.2) is 0 Å². The molecule has 1 aliphatic rings. The lowest BCUT2D eigenvalue weighted by Crippen LogP contribution is -2.38. The summed E-state index contributed by atoms with van der Waals surface area (Å²) < 4.78 is 4.69. The molecule has 1 aromatic carbocycles. The summed E-state index contributed by atoms with van der Waals surface area (Å²) in [5.41, 5.74) is 1.89. The highest BCUT2D eigenvalue weighted by Gasteiger charge is 2.25. The van der Waals surface area contributed by atoms with Gasteiger partial charge in [0.25, 0.3) is 5.91 Å². The largest absolute Gasteiger partial charge is 0.469 e.